The predicted molar refractivity (Wildman–Crippen MR) is 78.8 cm³/mol. The third-order valence-corrected chi connectivity index (χ3v) is 4.06. The van der Waals surface area contributed by atoms with Gasteiger partial charge in [-0.2, -0.15) is 0 Å². The van der Waals surface area contributed by atoms with E-state index in [4.69, 9.17) is 9.47 Å². The maximum absolute atomic E-state index is 13.4. The number of hydrogen-bond acceptors (Lipinski definition) is 5. The zero-order chi connectivity index (χ0) is 14.5. The summed E-state index contributed by atoms with van der Waals surface area (Å²) in [5, 5.41) is 0.686. The Bertz CT molecular complexity index is 613. The van der Waals surface area contributed by atoms with E-state index in [9.17, 15) is 4.39 Å². The first-order valence-corrected chi connectivity index (χ1v) is 7.43. The van der Waals surface area contributed by atoms with Crippen LogP contribution < -0.4 is 9.47 Å². The SMILES string of the molecule is COc1ncc(SCc2ccc(Br)c(F)c2)nc1OC. The molecule has 0 aliphatic rings. The van der Waals surface area contributed by atoms with Gasteiger partial charge >= 0.3 is 0 Å². The van der Waals surface area contributed by atoms with Crippen molar-refractivity contribution in [1.29, 1.82) is 0 Å². The van der Waals surface area contributed by atoms with Crippen LogP contribution in [0.25, 0.3) is 0 Å². The Morgan fingerprint density at radius 3 is 2.65 bits per heavy atom. The summed E-state index contributed by atoms with van der Waals surface area (Å²) >= 11 is 4.57. The molecule has 0 aliphatic carbocycles. The molecule has 1 aromatic heterocycles. The van der Waals surface area contributed by atoms with Gasteiger partial charge in [-0.15, -0.1) is 0 Å². The molecule has 2 aromatic rings. The van der Waals surface area contributed by atoms with E-state index >= 15 is 0 Å². The van der Waals surface area contributed by atoms with Gasteiger partial charge in [0.2, 0.25) is 0 Å². The lowest BCUT2D eigenvalue weighted by Crippen LogP contribution is -1.97. The van der Waals surface area contributed by atoms with Crippen LogP contribution in [0.2, 0.25) is 0 Å². The number of ether oxygens (including phenoxy) is 2. The van der Waals surface area contributed by atoms with Crippen LogP contribution in [-0.2, 0) is 5.75 Å². The van der Waals surface area contributed by atoms with Gasteiger partial charge in [0.15, 0.2) is 0 Å². The second kappa shape index (κ2) is 6.90. The van der Waals surface area contributed by atoms with E-state index in [1.54, 1.807) is 12.3 Å². The highest BCUT2D eigenvalue weighted by molar-refractivity contribution is 9.10. The van der Waals surface area contributed by atoms with Crippen molar-refractivity contribution in [2.24, 2.45) is 0 Å². The van der Waals surface area contributed by atoms with E-state index in [2.05, 4.69) is 25.9 Å². The first-order chi connectivity index (χ1) is 9.63. The second-order valence-electron chi connectivity index (χ2n) is 3.76. The first kappa shape index (κ1) is 15.1. The minimum absolute atomic E-state index is 0.276. The normalized spacial score (nSPS) is 10.4. The summed E-state index contributed by atoms with van der Waals surface area (Å²) in [4.78, 5) is 8.37. The third-order valence-electron chi connectivity index (χ3n) is 2.44. The van der Waals surface area contributed by atoms with Crippen LogP contribution in [0.15, 0.2) is 33.9 Å². The zero-order valence-corrected chi connectivity index (χ0v) is 13.3. The number of halogens is 2. The smallest absolute Gasteiger partial charge is 0.278 e. The molecule has 20 heavy (non-hydrogen) atoms. The maximum Gasteiger partial charge on any atom is 0.278 e. The molecule has 1 heterocycles. The van der Waals surface area contributed by atoms with E-state index in [-0.39, 0.29) is 5.82 Å². The van der Waals surface area contributed by atoms with Gasteiger partial charge in [0.1, 0.15) is 10.8 Å². The Morgan fingerprint density at radius 2 is 2.00 bits per heavy atom. The molecule has 2 rings (SSSR count). The summed E-state index contributed by atoms with van der Waals surface area (Å²) in [6.45, 7) is 0. The van der Waals surface area contributed by atoms with Gasteiger partial charge in [0.05, 0.1) is 24.9 Å². The van der Waals surface area contributed by atoms with Crippen LogP contribution in [-0.4, -0.2) is 24.2 Å². The van der Waals surface area contributed by atoms with Crippen LogP contribution in [0, 0.1) is 5.82 Å². The number of thioether (sulfide) groups is 1. The van der Waals surface area contributed by atoms with Crippen molar-refractivity contribution in [3.63, 3.8) is 0 Å². The Balaban J connectivity index is 2.08. The van der Waals surface area contributed by atoms with E-state index in [0.29, 0.717) is 27.0 Å². The molecular formula is C13H12BrFN2O2S. The monoisotopic (exact) mass is 358 g/mol. The highest BCUT2D eigenvalue weighted by Gasteiger charge is 2.09. The van der Waals surface area contributed by atoms with Gasteiger partial charge in [-0.3, -0.25) is 0 Å². The standard InChI is InChI=1S/C13H12BrFN2O2S/c1-18-12-13(19-2)17-11(6-16-12)20-7-8-3-4-9(14)10(15)5-8/h3-6H,7H2,1-2H3. The molecule has 1 aromatic carbocycles. The van der Waals surface area contributed by atoms with Crippen molar-refractivity contribution in [1.82, 2.24) is 9.97 Å². The van der Waals surface area contributed by atoms with Gasteiger partial charge in [-0.1, -0.05) is 17.8 Å². The fraction of sp³-hybridized carbons (Fsp3) is 0.231. The Labute approximate surface area is 128 Å². The average molecular weight is 359 g/mol. The van der Waals surface area contributed by atoms with Crippen molar-refractivity contribution in [2.45, 2.75) is 10.8 Å². The molecule has 0 aliphatic heterocycles. The Kier molecular flexibility index (Phi) is 5.19. The Hall–Kier alpha value is -1.34. The highest BCUT2D eigenvalue weighted by Crippen LogP contribution is 2.28. The largest absolute Gasteiger partial charge is 0.477 e. The minimum atomic E-state index is -0.276. The van der Waals surface area contributed by atoms with E-state index in [1.807, 2.05) is 6.07 Å². The third kappa shape index (κ3) is 3.61. The van der Waals surface area contributed by atoms with Crippen LogP contribution in [0.5, 0.6) is 11.8 Å². The molecule has 0 amide bonds. The summed E-state index contributed by atoms with van der Waals surface area (Å²) in [6, 6.07) is 5.03. The lowest BCUT2D eigenvalue weighted by Gasteiger charge is -2.07. The minimum Gasteiger partial charge on any atom is -0.477 e. The lowest BCUT2D eigenvalue weighted by molar-refractivity contribution is 0.328. The van der Waals surface area contributed by atoms with Crippen molar-refractivity contribution < 1.29 is 13.9 Å². The van der Waals surface area contributed by atoms with Gasteiger partial charge in [-0.05, 0) is 33.6 Å². The molecule has 0 unspecified atom stereocenters. The first-order valence-electron chi connectivity index (χ1n) is 5.65. The molecule has 0 saturated carbocycles. The van der Waals surface area contributed by atoms with E-state index in [1.165, 1.54) is 32.0 Å². The van der Waals surface area contributed by atoms with Gasteiger partial charge in [-0.25, -0.2) is 14.4 Å². The number of aromatic nitrogens is 2. The summed E-state index contributed by atoms with van der Waals surface area (Å²) in [5.41, 5.74) is 0.868. The van der Waals surface area contributed by atoms with Gasteiger partial charge < -0.3 is 9.47 Å². The molecule has 0 atom stereocenters. The fourth-order valence-corrected chi connectivity index (χ4v) is 2.49. The summed E-state index contributed by atoms with van der Waals surface area (Å²) < 4.78 is 24.0. The number of methoxy groups -OCH3 is 2. The fourth-order valence-electron chi connectivity index (χ4n) is 1.48. The van der Waals surface area contributed by atoms with Crippen LogP contribution in [0.1, 0.15) is 5.56 Å². The van der Waals surface area contributed by atoms with Crippen LogP contribution in [0.3, 0.4) is 0 Å². The lowest BCUT2D eigenvalue weighted by atomic mass is 10.2. The highest BCUT2D eigenvalue weighted by atomic mass is 79.9. The predicted octanol–water partition coefficient (Wildman–Crippen LogP) is 3.69. The van der Waals surface area contributed by atoms with Crippen LogP contribution in [0.4, 0.5) is 4.39 Å². The van der Waals surface area contributed by atoms with Crippen molar-refractivity contribution in [3.8, 4) is 11.8 Å². The number of rotatable bonds is 5. The molecule has 0 radical (unpaired) electrons. The quantitative estimate of drug-likeness (QED) is 0.762. The topological polar surface area (TPSA) is 44.2 Å². The molecular weight excluding hydrogens is 347 g/mol. The molecule has 0 spiro atoms. The molecule has 0 saturated heterocycles. The molecule has 0 bridgehead atoms. The average Bonchev–Trinajstić information content (AvgIpc) is 2.48. The van der Waals surface area contributed by atoms with E-state index < -0.39 is 0 Å². The number of nitrogens with zero attached hydrogens (tertiary/aromatic N) is 2. The van der Waals surface area contributed by atoms with Gasteiger partial charge in [0, 0.05) is 5.75 Å². The number of benzene rings is 1. The van der Waals surface area contributed by atoms with Gasteiger partial charge in [0.25, 0.3) is 11.8 Å². The molecule has 7 heteroatoms. The van der Waals surface area contributed by atoms with Crippen molar-refractivity contribution in [2.75, 3.05) is 14.2 Å². The summed E-state index contributed by atoms with van der Waals surface area (Å²) in [7, 11) is 3.01. The number of hydrogen-bond donors (Lipinski definition) is 0. The maximum atomic E-state index is 13.4. The van der Waals surface area contributed by atoms with Crippen molar-refractivity contribution >= 4 is 27.7 Å². The molecule has 4 nitrogen and oxygen atoms in total. The van der Waals surface area contributed by atoms with E-state index in [0.717, 1.165) is 5.56 Å². The molecule has 0 N–H and O–H groups in total. The van der Waals surface area contributed by atoms with Crippen LogP contribution >= 0.6 is 27.7 Å². The molecule has 0 fully saturated rings. The summed E-state index contributed by atoms with van der Waals surface area (Å²) in [5.74, 6) is 0.987. The Morgan fingerprint density at radius 1 is 1.25 bits per heavy atom. The summed E-state index contributed by atoms with van der Waals surface area (Å²) in [6.07, 6.45) is 1.60. The second-order valence-corrected chi connectivity index (χ2v) is 5.61. The molecule has 106 valence electrons. The zero-order valence-electron chi connectivity index (χ0n) is 10.9. The van der Waals surface area contributed by atoms with Crippen molar-refractivity contribution in [3.05, 3.63) is 40.2 Å².